The summed E-state index contributed by atoms with van der Waals surface area (Å²) in [5, 5.41) is 2.94. The number of rotatable bonds is 6. The molecule has 3 aliphatic heterocycles. The third-order valence-corrected chi connectivity index (χ3v) is 5.95. The van der Waals surface area contributed by atoms with E-state index in [-0.39, 0.29) is 18.2 Å². The fourth-order valence-electron chi connectivity index (χ4n) is 4.14. The van der Waals surface area contributed by atoms with Gasteiger partial charge in [0.05, 0.1) is 12.1 Å². The SMILES string of the molecule is C[C@@]1(C(=O)Nc2ccccc2OCCN2CCCCCC2)CC(=O)N2C=CC=CC2=N1. The van der Waals surface area contributed by atoms with Gasteiger partial charge in [-0.1, -0.05) is 31.1 Å². The second kappa shape index (κ2) is 9.47. The molecule has 1 N–H and O–H groups in total. The highest BCUT2D eigenvalue weighted by Gasteiger charge is 2.42. The molecule has 0 aromatic heterocycles. The molecule has 0 saturated carbocycles. The molecule has 1 saturated heterocycles. The van der Waals surface area contributed by atoms with E-state index in [1.807, 2.05) is 24.3 Å². The molecule has 3 aliphatic rings. The van der Waals surface area contributed by atoms with E-state index in [4.69, 9.17) is 4.74 Å². The summed E-state index contributed by atoms with van der Waals surface area (Å²) < 4.78 is 6.02. The molecule has 7 heteroatoms. The molecule has 4 rings (SSSR count). The van der Waals surface area contributed by atoms with Gasteiger partial charge in [-0.05, 0) is 57.1 Å². The summed E-state index contributed by atoms with van der Waals surface area (Å²) in [6.07, 6.45) is 12.1. The average Bonchev–Trinajstić information content (AvgIpc) is 3.04. The van der Waals surface area contributed by atoms with Gasteiger partial charge in [0.15, 0.2) is 0 Å². The Labute approximate surface area is 183 Å². The van der Waals surface area contributed by atoms with Gasteiger partial charge in [0, 0.05) is 12.7 Å². The molecule has 2 amide bonds. The first kappa shape index (κ1) is 21.3. The number of amidine groups is 1. The van der Waals surface area contributed by atoms with Gasteiger partial charge in [-0.3, -0.25) is 24.4 Å². The van der Waals surface area contributed by atoms with E-state index in [0.717, 1.165) is 19.6 Å². The number of para-hydroxylation sites is 2. The van der Waals surface area contributed by atoms with Crippen LogP contribution < -0.4 is 10.1 Å². The highest BCUT2D eigenvalue weighted by atomic mass is 16.5. The van der Waals surface area contributed by atoms with Gasteiger partial charge in [-0.15, -0.1) is 0 Å². The zero-order valence-corrected chi connectivity index (χ0v) is 18.0. The minimum Gasteiger partial charge on any atom is -0.490 e. The first-order valence-corrected chi connectivity index (χ1v) is 11.1. The molecule has 1 atom stereocenters. The van der Waals surface area contributed by atoms with Crippen LogP contribution in [-0.4, -0.2) is 59.2 Å². The van der Waals surface area contributed by atoms with Crippen molar-refractivity contribution in [2.75, 3.05) is 31.6 Å². The molecule has 7 nitrogen and oxygen atoms in total. The van der Waals surface area contributed by atoms with Crippen molar-refractivity contribution in [1.29, 1.82) is 0 Å². The van der Waals surface area contributed by atoms with Crippen LogP contribution in [0.2, 0.25) is 0 Å². The van der Waals surface area contributed by atoms with Crippen molar-refractivity contribution in [3.8, 4) is 5.75 Å². The van der Waals surface area contributed by atoms with Gasteiger partial charge >= 0.3 is 0 Å². The Hall–Kier alpha value is -2.93. The molecular formula is C24H30N4O3. The lowest BCUT2D eigenvalue weighted by molar-refractivity contribution is -0.132. The van der Waals surface area contributed by atoms with Crippen molar-refractivity contribution in [3.63, 3.8) is 0 Å². The lowest BCUT2D eigenvalue weighted by atomic mass is 9.94. The number of nitrogens with one attached hydrogen (secondary N) is 1. The van der Waals surface area contributed by atoms with Gasteiger partial charge < -0.3 is 10.1 Å². The fourth-order valence-corrected chi connectivity index (χ4v) is 4.14. The number of benzene rings is 1. The maximum absolute atomic E-state index is 13.1. The van der Waals surface area contributed by atoms with Crippen LogP contribution in [0, 0.1) is 0 Å². The van der Waals surface area contributed by atoms with Crippen LogP contribution in [0.25, 0.3) is 0 Å². The monoisotopic (exact) mass is 422 g/mol. The molecule has 31 heavy (non-hydrogen) atoms. The predicted octanol–water partition coefficient (Wildman–Crippen LogP) is 3.35. The summed E-state index contributed by atoms with van der Waals surface area (Å²) in [4.78, 5) is 34.2. The Balaban J connectivity index is 1.41. The Morgan fingerprint density at radius 3 is 2.74 bits per heavy atom. The molecule has 0 bridgehead atoms. The number of ether oxygens (including phenoxy) is 1. The Kier molecular flexibility index (Phi) is 6.51. The number of allylic oxidation sites excluding steroid dienone is 2. The summed E-state index contributed by atoms with van der Waals surface area (Å²) in [5.74, 6) is 0.648. The molecule has 0 radical (unpaired) electrons. The van der Waals surface area contributed by atoms with E-state index >= 15 is 0 Å². The third kappa shape index (κ3) is 5.05. The maximum atomic E-state index is 13.1. The van der Waals surface area contributed by atoms with Gasteiger partial charge in [0.2, 0.25) is 5.91 Å². The van der Waals surface area contributed by atoms with E-state index in [9.17, 15) is 9.59 Å². The van der Waals surface area contributed by atoms with Crippen LogP contribution in [0.15, 0.2) is 53.7 Å². The van der Waals surface area contributed by atoms with Crippen LogP contribution in [0.1, 0.15) is 39.0 Å². The van der Waals surface area contributed by atoms with Gasteiger partial charge in [-0.2, -0.15) is 0 Å². The van der Waals surface area contributed by atoms with Crippen molar-refractivity contribution in [1.82, 2.24) is 9.80 Å². The number of carbonyl (C=O) groups is 2. The summed E-state index contributed by atoms with van der Waals surface area (Å²) in [6, 6.07) is 7.42. The minimum atomic E-state index is -1.17. The summed E-state index contributed by atoms with van der Waals surface area (Å²) >= 11 is 0. The van der Waals surface area contributed by atoms with E-state index in [1.54, 1.807) is 31.4 Å². The zero-order chi connectivity index (χ0) is 21.7. The van der Waals surface area contributed by atoms with Gasteiger partial charge in [0.25, 0.3) is 5.91 Å². The third-order valence-electron chi connectivity index (χ3n) is 5.95. The second-order valence-corrected chi connectivity index (χ2v) is 8.44. The van der Waals surface area contributed by atoms with Crippen molar-refractivity contribution in [2.45, 2.75) is 44.6 Å². The molecule has 1 fully saturated rings. The van der Waals surface area contributed by atoms with E-state index in [1.165, 1.54) is 30.6 Å². The number of likely N-dealkylation sites (tertiary alicyclic amines) is 1. The lowest BCUT2D eigenvalue weighted by Crippen LogP contribution is -2.50. The van der Waals surface area contributed by atoms with E-state index in [2.05, 4.69) is 15.2 Å². The molecule has 0 spiro atoms. The first-order valence-electron chi connectivity index (χ1n) is 11.1. The largest absolute Gasteiger partial charge is 0.490 e. The van der Waals surface area contributed by atoms with Crippen LogP contribution >= 0.6 is 0 Å². The highest BCUT2D eigenvalue weighted by Crippen LogP contribution is 2.29. The summed E-state index contributed by atoms with van der Waals surface area (Å²) in [5.41, 5.74) is -0.573. The maximum Gasteiger partial charge on any atom is 0.252 e. The number of hydrogen-bond donors (Lipinski definition) is 1. The fraction of sp³-hybridized carbons (Fsp3) is 0.458. The number of anilines is 1. The molecule has 0 unspecified atom stereocenters. The lowest BCUT2D eigenvalue weighted by Gasteiger charge is -2.34. The van der Waals surface area contributed by atoms with E-state index in [0.29, 0.717) is 23.9 Å². The normalized spacial score (nSPS) is 23.7. The first-order chi connectivity index (χ1) is 15.0. The zero-order valence-electron chi connectivity index (χ0n) is 18.0. The number of hydrogen-bond acceptors (Lipinski definition) is 5. The highest BCUT2D eigenvalue weighted by molar-refractivity contribution is 6.13. The predicted molar refractivity (Wildman–Crippen MR) is 121 cm³/mol. The molecule has 3 heterocycles. The molecular weight excluding hydrogens is 392 g/mol. The number of nitrogens with zero attached hydrogens (tertiary/aromatic N) is 3. The quantitative estimate of drug-likeness (QED) is 0.763. The van der Waals surface area contributed by atoms with Crippen molar-refractivity contribution in [2.24, 2.45) is 4.99 Å². The van der Waals surface area contributed by atoms with Crippen molar-refractivity contribution in [3.05, 3.63) is 48.7 Å². The molecule has 164 valence electrons. The van der Waals surface area contributed by atoms with Crippen LogP contribution in [0.5, 0.6) is 5.75 Å². The van der Waals surface area contributed by atoms with Crippen molar-refractivity contribution >= 4 is 23.3 Å². The van der Waals surface area contributed by atoms with Crippen LogP contribution in [0.4, 0.5) is 5.69 Å². The Morgan fingerprint density at radius 1 is 1.16 bits per heavy atom. The summed E-state index contributed by atoms with van der Waals surface area (Å²) in [7, 11) is 0. The average molecular weight is 423 g/mol. The number of fused-ring (bicyclic) bond motifs is 1. The Morgan fingerprint density at radius 2 is 1.94 bits per heavy atom. The number of carbonyl (C=O) groups excluding carboxylic acids is 2. The minimum absolute atomic E-state index is 0.0124. The van der Waals surface area contributed by atoms with Gasteiger partial charge in [0.1, 0.15) is 23.7 Å². The molecule has 1 aromatic carbocycles. The topological polar surface area (TPSA) is 74.2 Å². The van der Waals surface area contributed by atoms with Crippen molar-refractivity contribution < 1.29 is 14.3 Å². The Bertz CT molecular complexity index is 915. The molecule has 0 aliphatic carbocycles. The van der Waals surface area contributed by atoms with Crippen LogP contribution in [0.3, 0.4) is 0 Å². The standard InChI is InChI=1S/C24H30N4O3/c1-24(18-22(29)28-15-9-6-12-21(28)26-24)23(30)25-19-10-4-5-11-20(19)31-17-16-27-13-7-2-3-8-14-27/h4-6,9-12,15H,2-3,7-8,13-14,16-18H2,1H3,(H,25,30)/t24-/m0/s1. The smallest absolute Gasteiger partial charge is 0.252 e. The second-order valence-electron chi connectivity index (χ2n) is 8.44. The number of amides is 2. The van der Waals surface area contributed by atoms with Gasteiger partial charge in [-0.25, -0.2) is 0 Å². The van der Waals surface area contributed by atoms with E-state index < -0.39 is 5.54 Å². The number of aliphatic imine (C=N–C) groups is 1. The molecule has 1 aromatic rings. The summed E-state index contributed by atoms with van der Waals surface area (Å²) in [6.45, 7) is 5.37. The van der Waals surface area contributed by atoms with Crippen LogP contribution in [-0.2, 0) is 9.59 Å².